The van der Waals surface area contributed by atoms with Crippen LogP contribution in [0.1, 0.15) is 31.7 Å². The third kappa shape index (κ3) is 7.64. The Morgan fingerprint density at radius 2 is 2.15 bits per heavy atom. The Bertz CT molecular complexity index is 636. The summed E-state index contributed by atoms with van der Waals surface area (Å²) < 4.78 is 1.24. The molecule has 0 saturated carbocycles. The van der Waals surface area contributed by atoms with E-state index in [1.165, 1.54) is 18.6 Å². The molecule has 3 N–H and O–H groups in total. The zero-order chi connectivity index (χ0) is 18.3. The van der Waals surface area contributed by atoms with Crippen LogP contribution in [0.15, 0.2) is 27.7 Å². The van der Waals surface area contributed by atoms with Crippen LogP contribution >= 0.6 is 51.7 Å². The lowest BCUT2D eigenvalue weighted by Crippen LogP contribution is -2.44. The van der Waals surface area contributed by atoms with Crippen LogP contribution in [0.2, 0.25) is 0 Å². The molecule has 1 aromatic rings. The van der Waals surface area contributed by atoms with Crippen molar-refractivity contribution in [2.75, 3.05) is 31.2 Å². The van der Waals surface area contributed by atoms with Gasteiger partial charge < -0.3 is 16.0 Å². The van der Waals surface area contributed by atoms with Gasteiger partial charge in [-0.25, -0.2) is 0 Å². The number of carbonyl (C=O) groups excluding carboxylic acids is 1. The highest BCUT2D eigenvalue weighted by atomic mass is 127. The summed E-state index contributed by atoms with van der Waals surface area (Å²) >= 11 is 5.44. The van der Waals surface area contributed by atoms with E-state index >= 15 is 0 Å². The molecule has 8 heteroatoms. The molecule has 1 saturated heterocycles. The van der Waals surface area contributed by atoms with E-state index in [-0.39, 0.29) is 34.6 Å². The number of hydrogen-bond donors (Lipinski definition) is 3. The number of guanidine groups is 1. The predicted octanol–water partition coefficient (Wildman–Crippen LogP) is 4.15. The number of nitrogens with zero attached hydrogens (tertiary/aromatic N) is 1. The Labute approximate surface area is 186 Å². The lowest BCUT2D eigenvalue weighted by atomic mass is 10.1. The summed E-state index contributed by atoms with van der Waals surface area (Å²) in [7, 11) is 1.75. The summed E-state index contributed by atoms with van der Waals surface area (Å²) in [6, 6.07) is 5.86. The van der Waals surface area contributed by atoms with Crippen LogP contribution in [0.4, 0.5) is 5.69 Å². The van der Waals surface area contributed by atoms with E-state index in [1.807, 2.05) is 36.9 Å². The Morgan fingerprint density at radius 3 is 2.81 bits per heavy atom. The molecule has 0 radical (unpaired) electrons. The molecule has 1 heterocycles. The van der Waals surface area contributed by atoms with Gasteiger partial charge >= 0.3 is 0 Å². The first-order chi connectivity index (χ1) is 11.9. The summed E-state index contributed by atoms with van der Waals surface area (Å²) in [5.74, 6) is 1.97. The molecule has 1 unspecified atom stereocenters. The minimum atomic E-state index is -0.0116. The number of thioether (sulfide) groups is 1. The molecule has 1 fully saturated rings. The molecule has 1 aliphatic heterocycles. The Hall–Kier alpha value is -0.480. The van der Waals surface area contributed by atoms with Crippen molar-refractivity contribution in [1.29, 1.82) is 0 Å². The number of aliphatic imine (C=N–C) groups is 1. The van der Waals surface area contributed by atoms with Crippen molar-refractivity contribution in [2.24, 2.45) is 4.99 Å². The van der Waals surface area contributed by atoms with E-state index in [4.69, 9.17) is 0 Å². The second kappa shape index (κ2) is 11.4. The number of rotatable bonds is 6. The average Bonchev–Trinajstić information content (AvgIpc) is 3.01. The molecule has 0 bridgehead atoms. The number of aryl methyl sites for hydroxylation is 1. The Balaban J connectivity index is 0.00000338. The minimum absolute atomic E-state index is 0. The molecule has 2 rings (SSSR count). The second-order valence-electron chi connectivity index (χ2n) is 6.51. The molecule has 0 aliphatic carbocycles. The molecule has 0 spiro atoms. The van der Waals surface area contributed by atoms with E-state index in [2.05, 4.69) is 43.8 Å². The molecule has 26 heavy (non-hydrogen) atoms. The van der Waals surface area contributed by atoms with E-state index < -0.39 is 0 Å². The fourth-order valence-electron chi connectivity index (χ4n) is 2.70. The lowest BCUT2D eigenvalue weighted by molar-refractivity contribution is -0.116. The summed E-state index contributed by atoms with van der Waals surface area (Å²) in [5, 5.41) is 9.54. The smallest absolute Gasteiger partial charge is 0.226 e. The van der Waals surface area contributed by atoms with Gasteiger partial charge in [-0.3, -0.25) is 9.79 Å². The number of anilines is 1. The van der Waals surface area contributed by atoms with Crippen molar-refractivity contribution < 1.29 is 4.79 Å². The Morgan fingerprint density at radius 1 is 1.38 bits per heavy atom. The molecule has 5 nitrogen and oxygen atoms in total. The first kappa shape index (κ1) is 23.6. The highest BCUT2D eigenvalue weighted by Gasteiger charge is 2.29. The molecule has 1 atom stereocenters. The van der Waals surface area contributed by atoms with Crippen molar-refractivity contribution in [3.63, 3.8) is 0 Å². The van der Waals surface area contributed by atoms with E-state index in [0.717, 1.165) is 28.2 Å². The maximum absolute atomic E-state index is 12.1. The largest absolute Gasteiger partial charge is 0.356 e. The van der Waals surface area contributed by atoms with Crippen molar-refractivity contribution in [3.05, 3.63) is 28.2 Å². The number of benzene rings is 1. The quantitative estimate of drug-likeness (QED) is 0.281. The molecule has 1 amide bonds. The van der Waals surface area contributed by atoms with E-state index in [0.29, 0.717) is 13.0 Å². The number of halogens is 2. The van der Waals surface area contributed by atoms with Gasteiger partial charge in [-0.2, -0.15) is 11.8 Å². The van der Waals surface area contributed by atoms with Gasteiger partial charge in [-0.1, -0.05) is 22.0 Å². The maximum Gasteiger partial charge on any atom is 0.226 e. The SMILES string of the molecule is CN=C(NCCC(=O)Nc1cc(Br)ccc1C)NCC1(C)CCCS1.I. The van der Waals surface area contributed by atoms with Crippen molar-refractivity contribution in [1.82, 2.24) is 10.6 Å². The zero-order valence-corrected chi connectivity index (χ0v) is 20.3. The lowest BCUT2D eigenvalue weighted by Gasteiger charge is -2.24. The van der Waals surface area contributed by atoms with Crippen LogP contribution in [-0.2, 0) is 4.79 Å². The molecule has 146 valence electrons. The molecular weight excluding hydrogens is 527 g/mol. The summed E-state index contributed by atoms with van der Waals surface area (Å²) in [4.78, 5) is 16.4. The maximum atomic E-state index is 12.1. The van der Waals surface area contributed by atoms with Gasteiger partial charge in [0.15, 0.2) is 5.96 Å². The molecule has 1 aromatic carbocycles. The molecule has 1 aliphatic rings. The van der Waals surface area contributed by atoms with Gasteiger partial charge in [0, 0.05) is 41.5 Å². The fraction of sp³-hybridized carbons (Fsp3) is 0.556. The summed E-state index contributed by atoms with van der Waals surface area (Å²) in [6.45, 7) is 5.70. The minimum Gasteiger partial charge on any atom is -0.356 e. The summed E-state index contributed by atoms with van der Waals surface area (Å²) in [5.41, 5.74) is 1.89. The van der Waals surface area contributed by atoms with Crippen LogP contribution in [0.5, 0.6) is 0 Å². The van der Waals surface area contributed by atoms with Crippen LogP contribution in [0.3, 0.4) is 0 Å². The third-order valence-corrected chi connectivity index (χ3v) is 6.30. The number of carbonyl (C=O) groups is 1. The summed E-state index contributed by atoms with van der Waals surface area (Å²) in [6.07, 6.45) is 2.90. The van der Waals surface area contributed by atoms with Crippen LogP contribution in [-0.4, -0.2) is 42.5 Å². The van der Waals surface area contributed by atoms with Gasteiger partial charge in [-0.15, -0.1) is 24.0 Å². The van der Waals surface area contributed by atoms with Crippen molar-refractivity contribution in [2.45, 2.75) is 37.9 Å². The average molecular weight is 555 g/mol. The van der Waals surface area contributed by atoms with Gasteiger partial charge in [0.1, 0.15) is 0 Å². The van der Waals surface area contributed by atoms with E-state index in [9.17, 15) is 4.79 Å². The first-order valence-electron chi connectivity index (χ1n) is 8.56. The zero-order valence-electron chi connectivity index (χ0n) is 15.5. The van der Waals surface area contributed by atoms with Gasteiger partial charge in [0.05, 0.1) is 0 Å². The fourth-order valence-corrected chi connectivity index (χ4v) is 4.31. The normalized spacial score (nSPS) is 19.6. The predicted molar refractivity (Wildman–Crippen MR) is 127 cm³/mol. The highest BCUT2D eigenvalue weighted by Crippen LogP contribution is 2.36. The molecule has 0 aromatic heterocycles. The highest BCUT2D eigenvalue weighted by molar-refractivity contribution is 14.0. The van der Waals surface area contributed by atoms with Crippen molar-refractivity contribution in [3.8, 4) is 0 Å². The standard InChI is InChI=1S/C18H27BrN4OS.HI/c1-13-5-6-14(19)11-15(13)23-16(24)7-9-21-17(20-3)22-12-18(2)8-4-10-25-18;/h5-6,11H,4,7-10,12H2,1-3H3,(H,23,24)(H2,20,21,22);1H. The number of amides is 1. The molecular formula is C18H28BrIN4OS. The monoisotopic (exact) mass is 554 g/mol. The van der Waals surface area contributed by atoms with E-state index in [1.54, 1.807) is 7.05 Å². The van der Waals surface area contributed by atoms with Crippen LogP contribution in [0, 0.1) is 6.92 Å². The first-order valence-corrected chi connectivity index (χ1v) is 10.3. The van der Waals surface area contributed by atoms with Crippen molar-refractivity contribution >= 4 is 69.2 Å². The Kier molecular flexibility index (Phi) is 10.3. The number of hydrogen-bond acceptors (Lipinski definition) is 3. The van der Waals surface area contributed by atoms with Gasteiger partial charge in [0.2, 0.25) is 5.91 Å². The van der Waals surface area contributed by atoms with Crippen LogP contribution in [0.25, 0.3) is 0 Å². The van der Waals surface area contributed by atoms with Gasteiger partial charge in [-0.05, 0) is 50.1 Å². The topological polar surface area (TPSA) is 65.5 Å². The number of nitrogens with one attached hydrogen (secondary N) is 3. The third-order valence-electron chi connectivity index (χ3n) is 4.27. The van der Waals surface area contributed by atoms with Gasteiger partial charge in [0.25, 0.3) is 0 Å². The second-order valence-corrected chi connectivity index (χ2v) is 9.11. The van der Waals surface area contributed by atoms with Crippen LogP contribution < -0.4 is 16.0 Å².